The van der Waals surface area contributed by atoms with Crippen LogP contribution in [-0.4, -0.2) is 55.4 Å². The van der Waals surface area contributed by atoms with Gasteiger partial charge in [0, 0.05) is 72.9 Å². The van der Waals surface area contributed by atoms with E-state index in [1.165, 1.54) is 11.1 Å². The third-order valence-corrected chi connectivity index (χ3v) is 8.82. The monoisotopic (exact) mass is 594 g/mol. The van der Waals surface area contributed by atoms with Crippen molar-refractivity contribution in [2.45, 2.75) is 39.3 Å². The molecule has 8 nitrogen and oxygen atoms in total. The van der Waals surface area contributed by atoms with Crippen molar-refractivity contribution >= 4 is 39.6 Å². The number of anilines is 2. The molecule has 0 spiro atoms. The summed E-state index contributed by atoms with van der Waals surface area (Å²) in [6, 6.07) is 20.6. The molecule has 1 aliphatic rings. The van der Waals surface area contributed by atoms with E-state index in [1.54, 1.807) is 12.4 Å². The number of β-amino-alcohol motifs (C(OH)–C–C–N with tert-alkyl or cyclic N) is 1. The van der Waals surface area contributed by atoms with E-state index < -0.39 is 0 Å². The molecule has 5 heterocycles. The van der Waals surface area contributed by atoms with E-state index in [0.717, 1.165) is 81.2 Å². The molecule has 6 aromatic rings. The van der Waals surface area contributed by atoms with Crippen LogP contribution in [0.25, 0.3) is 32.9 Å². The van der Waals surface area contributed by atoms with Gasteiger partial charge < -0.3 is 10.4 Å². The Hall–Kier alpha value is -5.05. The first-order valence-corrected chi connectivity index (χ1v) is 15.2. The topological polar surface area (TPSA) is 104 Å². The van der Waals surface area contributed by atoms with Crippen LogP contribution >= 0.6 is 0 Å². The number of aromatic nitrogens is 4. The summed E-state index contributed by atoms with van der Waals surface area (Å²) in [6.45, 7) is 6.68. The molecule has 45 heavy (non-hydrogen) atoms. The van der Waals surface area contributed by atoms with Gasteiger partial charge in [-0.3, -0.25) is 24.6 Å². The van der Waals surface area contributed by atoms with E-state index >= 15 is 0 Å². The first-order chi connectivity index (χ1) is 22.0. The number of nitrogens with one attached hydrogen (secondary N) is 1. The molecular formula is C37H34N6O2. The minimum Gasteiger partial charge on any atom is -0.392 e. The Bertz CT molecular complexity index is 2060. The van der Waals surface area contributed by atoms with Crippen LogP contribution in [0.5, 0.6) is 0 Å². The molecule has 2 N–H and O–H groups in total. The quantitative estimate of drug-likeness (QED) is 0.191. The minimum absolute atomic E-state index is 0.235. The summed E-state index contributed by atoms with van der Waals surface area (Å²) in [5.74, 6) is 0.716. The van der Waals surface area contributed by atoms with Crippen molar-refractivity contribution in [3.8, 4) is 11.1 Å². The highest BCUT2D eigenvalue weighted by atomic mass is 16.3. The van der Waals surface area contributed by atoms with Crippen molar-refractivity contribution in [3.63, 3.8) is 0 Å². The lowest BCUT2D eigenvalue weighted by atomic mass is 9.91. The lowest BCUT2D eigenvalue weighted by Gasteiger charge is -2.18. The van der Waals surface area contributed by atoms with Crippen LogP contribution in [0.3, 0.4) is 0 Å². The molecule has 1 saturated heterocycles. The molecule has 1 atom stereocenters. The molecule has 0 radical (unpaired) electrons. The maximum Gasteiger partial charge on any atom is 0.156 e. The number of likely N-dealkylation sites (tertiary alicyclic amines) is 1. The average molecular weight is 595 g/mol. The Balaban J connectivity index is 1.17. The number of nitrogens with zero attached hydrogens (tertiary/aromatic N) is 5. The van der Waals surface area contributed by atoms with Crippen molar-refractivity contribution in [1.29, 1.82) is 0 Å². The van der Waals surface area contributed by atoms with Gasteiger partial charge in [0.2, 0.25) is 0 Å². The third kappa shape index (κ3) is 5.78. The Morgan fingerprint density at radius 3 is 2.44 bits per heavy atom. The van der Waals surface area contributed by atoms with E-state index in [9.17, 15) is 9.90 Å². The van der Waals surface area contributed by atoms with Crippen molar-refractivity contribution in [2.24, 2.45) is 0 Å². The van der Waals surface area contributed by atoms with E-state index in [2.05, 4.69) is 81.5 Å². The number of rotatable bonds is 8. The number of aldehydes is 1. The van der Waals surface area contributed by atoms with Gasteiger partial charge in [-0.25, -0.2) is 4.98 Å². The lowest BCUT2D eigenvalue weighted by Crippen LogP contribution is -2.21. The van der Waals surface area contributed by atoms with E-state index in [1.807, 2.05) is 30.6 Å². The molecule has 224 valence electrons. The number of carbonyl (C=O) groups is 1. The second-order valence-electron chi connectivity index (χ2n) is 11.8. The van der Waals surface area contributed by atoms with Gasteiger partial charge in [-0.1, -0.05) is 30.3 Å². The molecule has 0 unspecified atom stereocenters. The third-order valence-electron chi connectivity index (χ3n) is 8.82. The van der Waals surface area contributed by atoms with Crippen LogP contribution in [-0.2, 0) is 13.0 Å². The maximum absolute atomic E-state index is 11.3. The summed E-state index contributed by atoms with van der Waals surface area (Å²) in [4.78, 5) is 32.2. The number of pyridine rings is 4. The molecule has 8 heteroatoms. The molecule has 1 aliphatic heterocycles. The first-order valence-electron chi connectivity index (χ1n) is 15.2. The van der Waals surface area contributed by atoms with Gasteiger partial charge in [0.1, 0.15) is 5.52 Å². The van der Waals surface area contributed by atoms with Crippen LogP contribution in [0.15, 0.2) is 85.5 Å². The number of aliphatic hydroxyl groups is 1. The number of carbonyl (C=O) groups excluding carboxylic acids is 1. The van der Waals surface area contributed by atoms with Gasteiger partial charge >= 0.3 is 0 Å². The summed E-state index contributed by atoms with van der Waals surface area (Å²) in [5, 5.41) is 15.4. The fraction of sp³-hybridized carbons (Fsp3) is 0.216. The van der Waals surface area contributed by atoms with E-state index in [4.69, 9.17) is 4.98 Å². The minimum atomic E-state index is -0.235. The summed E-state index contributed by atoms with van der Waals surface area (Å²) in [6.07, 6.45) is 9.15. The average Bonchev–Trinajstić information content (AvgIpc) is 3.47. The van der Waals surface area contributed by atoms with Crippen molar-refractivity contribution in [1.82, 2.24) is 24.8 Å². The number of benzene rings is 2. The molecule has 0 amide bonds. The van der Waals surface area contributed by atoms with Crippen LogP contribution in [0.1, 0.15) is 44.7 Å². The highest BCUT2D eigenvalue weighted by molar-refractivity contribution is 5.91. The Labute approximate surface area is 261 Å². The molecule has 4 aromatic heterocycles. The van der Waals surface area contributed by atoms with Crippen LogP contribution in [0, 0.1) is 13.8 Å². The zero-order valence-electron chi connectivity index (χ0n) is 25.4. The lowest BCUT2D eigenvalue weighted by molar-refractivity contribution is 0.112. The van der Waals surface area contributed by atoms with Gasteiger partial charge in [-0.2, -0.15) is 0 Å². The highest BCUT2D eigenvalue weighted by Gasteiger charge is 2.20. The van der Waals surface area contributed by atoms with Gasteiger partial charge in [0.05, 0.1) is 17.3 Å². The fourth-order valence-electron chi connectivity index (χ4n) is 6.36. The van der Waals surface area contributed by atoms with Crippen LogP contribution in [0.4, 0.5) is 11.5 Å². The number of hydrogen-bond donors (Lipinski definition) is 2. The highest BCUT2D eigenvalue weighted by Crippen LogP contribution is 2.35. The van der Waals surface area contributed by atoms with Gasteiger partial charge in [-0.05, 0) is 84.0 Å². The summed E-state index contributed by atoms with van der Waals surface area (Å²) >= 11 is 0. The van der Waals surface area contributed by atoms with Crippen molar-refractivity contribution in [3.05, 3.63) is 119 Å². The standard InChI is InChI=1S/C37H34N6O2/c1-23-27(17-34-35-28(9-12-38-34)16-26(22-44)19-40-35)5-3-6-31(23)32-7-4-8-33(24(32)2)42-37-36-29(10-13-39-37)15-25(18-41-36)20-43-14-11-30(45)21-43/h3-10,12-13,15-16,18-19,22,30,45H,11,14,17,20-21H2,1-2H3,(H,39,42)/t30-/m1/s1. The van der Waals surface area contributed by atoms with Crippen LogP contribution < -0.4 is 5.32 Å². The molecule has 0 bridgehead atoms. The second-order valence-corrected chi connectivity index (χ2v) is 11.8. The van der Waals surface area contributed by atoms with E-state index in [0.29, 0.717) is 24.3 Å². The molecular weight excluding hydrogens is 560 g/mol. The van der Waals surface area contributed by atoms with E-state index in [-0.39, 0.29) is 6.10 Å². The SMILES string of the molecule is Cc1c(Cc2nccc3cc(C=O)cnc23)cccc1-c1cccc(Nc2nccc3cc(CN4CC[C@@H](O)C4)cnc23)c1C. The Kier molecular flexibility index (Phi) is 7.75. The zero-order chi connectivity index (χ0) is 30.9. The summed E-state index contributed by atoms with van der Waals surface area (Å²) < 4.78 is 0. The Morgan fingerprint density at radius 1 is 0.889 bits per heavy atom. The Morgan fingerprint density at radius 2 is 1.64 bits per heavy atom. The zero-order valence-corrected chi connectivity index (χ0v) is 25.4. The molecule has 0 aliphatic carbocycles. The number of hydrogen-bond acceptors (Lipinski definition) is 8. The van der Waals surface area contributed by atoms with Gasteiger partial charge in [-0.15, -0.1) is 0 Å². The molecule has 0 saturated carbocycles. The number of fused-ring (bicyclic) bond motifs is 2. The van der Waals surface area contributed by atoms with Crippen molar-refractivity contribution in [2.75, 3.05) is 18.4 Å². The predicted octanol–water partition coefficient (Wildman–Crippen LogP) is 6.57. The summed E-state index contributed by atoms with van der Waals surface area (Å²) in [7, 11) is 0. The molecule has 2 aromatic carbocycles. The smallest absolute Gasteiger partial charge is 0.156 e. The second kappa shape index (κ2) is 12.1. The first kappa shape index (κ1) is 28.7. The molecule has 1 fully saturated rings. The van der Waals surface area contributed by atoms with Gasteiger partial charge in [0.25, 0.3) is 0 Å². The normalized spacial score (nSPS) is 15.1. The molecule has 7 rings (SSSR count). The predicted molar refractivity (Wildman–Crippen MR) is 178 cm³/mol. The van der Waals surface area contributed by atoms with Crippen LogP contribution in [0.2, 0.25) is 0 Å². The number of aliphatic hydroxyl groups excluding tert-OH is 1. The maximum atomic E-state index is 11.3. The van der Waals surface area contributed by atoms with Crippen molar-refractivity contribution < 1.29 is 9.90 Å². The summed E-state index contributed by atoms with van der Waals surface area (Å²) in [5.41, 5.74) is 10.9. The fourth-order valence-corrected chi connectivity index (χ4v) is 6.36. The van der Waals surface area contributed by atoms with Gasteiger partial charge in [0.15, 0.2) is 12.1 Å². The largest absolute Gasteiger partial charge is 0.392 e.